The molecule has 1 aromatic rings. The minimum atomic E-state index is -2.62. The number of rotatable bonds is 7. The van der Waals surface area contributed by atoms with E-state index in [-0.39, 0.29) is 0 Å². The lowest BCUT2D eigenvalue weighted by molar-refractivity contribution is 0.0833. The van der Waals surface area contributed by atoms with E-state index in [0.29, 0.717) is 12.5 Å². The molecular weight excluding hydrogens is 281 g/mol. The average Bonchev–Trinajstić information content (AvgIpc) is 2.40. The van der Waals surface area contributed by atoms with Crippen molar-refractivity contribution in [3.05, 3.63) is 48.0 Å². The SMILES string of the molecule is CC=C=C(NOC)OP(=S)(OCC)c1ccccc1. The van der Waals surface area contributed by atoms with E-state index in [1.54, 1.807) is 6.08 Å². The molecule has 0 heterocycles. The van der Waals surface area contributed by atoms with Crippen molar-refractivity contribution in [3.8, 4) is 0 Å². The summed E-state index contributed by atoms with van der Waals surface area (Å²) in [4.78, 5) is 4.84. The van der Waals surface area contributed by atoms with Crippen LogP contribution in [0.15, 0.2) is 48.0 Å². The quantitative estimate of drug-likeness (QED) is 0.363. The molecule has 0 radical (unpaired) electrons. The summed E-state index contributed by atoms with van der Waals surface area (Å²) in [6, 6.07) is 9.53. The summed E-state index contributed by atoms with van der Waals surface area (Å²) in [5.74, 6) is 0.311. The summed E-state index contributed by atoms with van der Waals surface area (Å²) in [5, 5.41) is 0.847. The van der Waals surface area contributed by atoms with Crippen LogP contribution in [0.4, 0.5) is 0 Å². The third-order valence-electron chi connectivity index (χ3n) is 2.05. The fraction of sp³-hybridized carbons (Fsp3) is 0.308. The fourth-order valence-electron chi connectivity index (χ4n) is 1.35. The Morgan fingerprint density at radius 3 is 2.63 bits per heavy atom. The molecule has 0 saturated carbocycles. The highest BCUT2D eigenvalue weighted by Gasteiger charge is 2.24. The smallest absolute Gasteiger partial charge is 0.271 e. The van der Waals surface area contributed by atoms with Gasteiger partial charge in [0, 0.05) is 5.30 Å². The van der Waals surface area contributed by atoms with E-state index in [1.807, 2.05) is 44.2 Å². The number of allylic oxidation sites excluding steroid dienone is 1. The lowest BCUT2D eigenvalue weighted by Crippen LogP contribution is -2.17. The molecule has 6 heteroatoms. The monoisotopic (exact) mass is 299 g/mol. The largest absolute Gasteiger partial charge is 0.415 e. The van der Waals surface area contributed by atoms with Crippen LogP contribution in [0.2, 0.25) is 0 Å². The lowest BCUT2D eigenvalue weighted by atomic mass is 10.4. The molecule has 0 aromatic heterocycles. The molecule has 104 valence electrons. The van der Waals surface area contributed by atoms with Gasteiger partial charge in [-0.1, -0.05) is 23.9 Å². The first-order valence-electron chi connectivity index (χ1n) is 5.86. The number of hydrogen-bond acceptors (Lipinski definition) is 5. The Morgan fingerprint density at radius 2 is 2.11 bits per heavy atom. The number of hydroxylamine groups is 1. The lowest BCUT2D eigenvalue weighted by Gasteiger charge is -2.23. The van der Waals surface area contributed by atoms with Gasteiger partial charge in [0.1, 0.15) is 0 Å². The van der Waals surface area contributed by atoms with E-state index in [9.17, 15) is 0 Å². The zero-order valence-corrected chi connectivity index (χ0v) is 13.0. The van der Waals surface area contributed by atoms with Crippen LogP contribution in [-0.4, -0.2) is 13.7 Å². The topological polar surface area (TPSA) is 39.7 Å². The van der Waals surface area contributed by atoms with Crippen LogP contribution >= 0.6 is 6.49 Å². The van der Waals surface area contributed by atoms with Crippen molar-refractivity contribution in [2.75, 3.05) is 13.7 Å². The highest BCUT2D eigenvalue weighted by molar-refractivity contribution is 8.13. The van der Waals surface area contributed by atoms with Crippen molar-refractivity contribution >= 4 is 23.6 Å². The van der Waals surface area contributed by atoms with E-state index in [0.717, 1.165) is 5.30 Å². The highest BCUT2D eigenvalue weighted by Crippen LogP contribution is 2.48. The molecule has 1 unspecified atom stereocenters. The van der Waals surface area contributed by atoms with Crippen molar-refractivity contribution in [1.29, 1.82) is 0 Å². The predicted molar refractivity (Wildman–Crippen MR) is 80.5 cm³/mol. The Balaban J connectivity index is 3.07. The Morgan fingerprint density at radius 1 is 1.42 bits per heavy atom. The first-order chi connectivity index (χ1) is 9.16. The summed E-state index contributed by atoms with van der Waals surface area (Å²) >= 11 is 5.57. The zero-order chi connectivity index (χ0) is 14.1. The van der Waals surface area contributed by atoms with Crippen LogP contribution in [0.3, 0.4) is 0 Å². The van der Waals surface area contributed by atoms with Gasteiger partial charge >= 0.3 is 0 Å². The van der Waals surface area contributed by atoms with Crippen molar-refractivity contribution in [1.82, 2.24) is 5.48 Å². The van der Waals surface area contributed by atoms with Crippen LogP contribution in [0, 0.1) is 0 Å². The van der Waals surface area contributed by atoms with Crippen molar-refractivity contribution in [2.24, 2.45) is 0 Å². The van der Waals surface area contributed by atoms with Gasteiger partial charge in [0.25, 0.3) is 12.4 Å². The first kappa shape index (κ1) is 16.0. The second-order valence-electron chi connectivity index (χ2n) is 3.41. The molecule has 1 N–H and O–H groups in total. The molecule has 0 saturated heterocycles. The van der Waals surface area contributed by atoms with Crippen LogP contribution < -0.4 is 10.8 Å². The van der Waals surface area contributed by atoms with E-state index < -0.39 is 6.49 Å². The molecule has 1 atom stereocenters. The average molecular weight is 299 g/mol. The summed E-state index contributed by atoms with van der Waals surface area (Å²) in [5.41, 5.74) is 5.48. The van der Waals surface area contributed by atoms with Gasteiger partial charge in [0.2, 0.25) is 0 Å². The van der Waals surface area contributed by atoms with Crippen LogP contribution in [0.1, 0.15) is 13.8 Å². The second-order valence-corrected chi connectivity index (χ2v) is 6.80. The summed E-state index contributed by atoms with van der Waals surface area (Å²) in [7, 11) is 1.49. The van der Waals surface area contributed by atoms with Gasteiger partial charge in [0.05, 0.1) is 13.7 Å². The van der Waals surface area contributed by atoms with Gasteiger partial charge in [-0.15, -0.1) is 0 Å². The Kier molecular flexibility index (Phi) is 6.85. The van der Waals surface area contributed by atoms with Gasteiger partial charge in [-0.3, -0.25) is 4.84 Å². The third kappa shape index (κ3) is 4.83. The first-order valence-corrected chi connectivity index (χ1v) is 8.50. The van der Waals surface area contributed by atoms with E-state index in [1.165, 1.54) is 7.11 Å². The molecule has 1 rings (SSSR count). The molecule has 0 fully saturated rings. The molecule has 0 aliphatic carbocycles. The molecule has 0 amide bonds. The van der Waals surface area contributed by atoms with Crippen LogP contribution in [0.5, 0.6) is 0 Å². The number of nitrogens with one attached hydrogen (secondary N) is 1. The van der Waals surface area contributed by atoms with Crippen molar-refractivity contribution in [2.45, 2.75) is 13.8 Å². The summed E-state index contributed by atoms with van der Waals surface area (Å²) < 4.78 is 11.5. The van der Waals surface area contributed by atoms with E-state index in [2.05, 4.69) is 11.2 Å². The van der Waals surface area contributed by atoms with Gasteiger partial charge in [0.15, 0.2) is 0 Å². The Bertz CT molecular complexity index is 498. The summed E-state index contributed by atoms with van der Waals surface area (Å²) in [6.45, 7) is 1.57. The van der Waals surface area contributed by atoms with Crippen molar-refractivity contribution in [3.63, 3.8) is 0 Å². The molecule has 0 aliphatic heterocycles. The highest BCUT2D eigenvalue weighted by atomic mass is 32.5. The normalized spacial score (nSPS) is 13.0. The third-order valence-corrected chi connectivity index (χ3v) is 5.18. The zero-order valence-electron chi connectivity index (χ0n) is 11.3. The van der Waals surface area contributed by atoms with E-state index >= 15 is 0 Å². The number of benzene rings is 1. The molecule has 19 heavy (non-hydrogen) atoms. The maximum absolute atomic E-state index is 5.79. The fourth-order valence-corrected chi connectivity index (χ4v) is 3.77. The Hall–Kier alpha value is -1.09. The van der Waals surface area contributed by atoms with Crippen molar-refractivity contribution < 1.29 is 13.9 Å². The molecule has 1 aromatic carbocycles. The molecule has 4 nitrogen and oxygen atoms in total. The van der Waals surface area contributed by atoms with Gasteiger partial charge in [-0.2, -0.15) is 0 Å². The van der Waals surface area contributed by atoms with Gasteiger partial charge in [-0.25, -0.2) is 5.48 Å². The second kappa shape index (κ2) is 8.16. The molecule has 0 bridgehead atoms. The molecular formula is C13H18NO3PS. The van der Waals surface area contributed by atoms with Crippen LogP contribution in [-0.2, 0) is 25.7 Å². The van der Waals surface area contributed by atoms with Gasteiger partial charge in [-0.05, 0) is 43.9 Å². The minimum absolute atomic E-state index is 0.311. The maximum Gasteiger partial charge on any atom is 0.271 e. The minimum Gasteiger partial charge on any atom is -0.415 e. The molecule has 0 spiro atoms. The maximum atomic E-state index is 5.79. The number of hydrogen-bond donors (Lipinski definition) is 1. The standard InChI is InChI=1S/C13H18NO3PS/c1-4-9-13(14-15-3)17-18(19,16-5-2)12-10-7-6-8-11-12/h4,6-8,10-11,14H,5H2,1-3H3. The van der Waals surface area contributed by atoms with Crippen LogP contribution in [0.25, 0.3) is 0 Å². The predicted octanol–water partition coefficient (Wildman–Crippen LogP) is 2.84. The summed E-state index contributed by atoms with van der Waals surface area (Å²) in [6.07, 6.45) is 1.71. The van der Waals surface area contributed by atoms with E-state index in [4.69, 9.17) is 25.7 Å². The van der Waals surface area contributed by atoms with Gasteiger partial charge < -0.3 is 9.05 Å². The molecule has 0 aliphatic rings. The Labute approximate surface area is 119 Å².